The summed E-state index contributed by atoms with van der Waals surface area (Å²) in [5.74, 6) is -0.236. The zero-order valence-electron chi connectivity index (χ0n) is 24.7. The lowest BCUT2D eigenvalue weighted by molar-refractivity contribution is -0.111. The molecule has 8 heteroatoms. The van der Waals surface area contributed by atoms with Gasteiger partial charge in [-0.25, -0.2) is 4.98 Å². The summed E-state index contributed by atoms with van der Waals surface area (Å²) < 4.78 is 1.92. The van der Waals surface area contributed by atoms with Gasteiger partial charge in [-0.15, -0.1) is 0 Å². The highest BCUT2D eigenvalue weighted by Gasteiger charge is 2.22. The maximum atomic E-state index is 12.2. The third-order valence-electron chi connectivity index (χ3n) is 8.39. The fourth-order valence-corrected chi connectivity index (χ4v) is 5.65. The predicted molar refractivity (Wildman–Crippen MR) is 172 cm³/mol. The van der Waals surface area contributed by atoms with Gasteiger partial charge in [-0.1, -0.05) is 30.8 Å². The molecule has 1 amide bonds. The van der Waals surface area contributed by atoms with E-state index in [0.717, 1.165) is 82.0 Å². The van der Waals surface area contributed by atoms with Gasteiger partial charge in [-0.2, -0.15) is 5.10 Å². The minimum atomic E-state index is -0.236. The number of aromatic amines is 1. The van der Waals surface area contributed by atoms with Crippen molar-refractivity contribution < 1.29 is 4.79 Å². The van der Waals surface area contributed by atoms with E-state index in [2.05, 4.69) is 89.1 Å². The van der Waals surface area contributed by atoms with Crippen LogP contribution in [0, 0.1) is 6.92 Å². The van der Waals surface area contributed by atoms with Gasteiger partial charge in [0, 0.05) is 78.1 Å². The fourth-order valence-electron chi connectivity index (χ4n) is 5.65. The average Bonchev–Trinajstić information content (AvgIpc) is 3.64. The smallest absolute Gasteiger partial charge is 0.247 e. The van der Waals surface area contributed by atoms with Crippen LogP contribution in [0.2, 0.25) is 0 Å². The fraction of sp³-hybridized carbons (Fsp3) is 0.265. The first kappa shape index (κ1) is 27.5. The number of nitrogens with zero attached hydrogens (tertiary/aromatic N) is 5. The van der Waals surface area contributed by atoms with E-state index < -0.39 is 0 Å². The zero-order valence-corrected chi connectivity index (χ0v) is 24.7. The summed E-state index contributed by atoms with van der Waals surface area (Å²) >= 11 is 0. The van der Waals surface area contributed by atoms with Crippen molar-refractivity contribution in [2.75, 3.05) is 36.9 Å². The summed E-state index contributed by atoms with van der Waals surface area (Å²) in [5, 5.41) is 8.43. The van der Waals surface area contributed by atoms with Crippen LogP contribution in [0.15, 0.2) is 79.8 Å². The normalized spacial score (nSPS) is 15.7. The number of nitrogens with one attached hydrogen (secondary N) is 2. The van der Waals surface area contributed by atoms with Crippen LogP contribution in [0.1, 0.15) is 19.4 Å². The van der Waals surface area contributed by atoms with E-state index >= 15 is 0 Å². The number of H-pyrrole nitrogens is 1. The quantitative estimate of drug-likeness (QED) is 0.227. The van der Waals surface area contributed by atoms with Gasteiger partial charge in [0.25, 0.3) is 0 Å². The molecule has 2 aromatic carbocycles. The van der Waals surface area contributed by atoms with Crippen LogP contribution in [0.5, 0.6) is 0 Å². The number of anilines is 2. The number of carbonyl (C=O) groups is 1. The zero-order chi connectivity index (χ0) is 29.4. The van der Waals surface area contributed by atoms with Gasteiger partial charge in [0.15, 0.2) is 0 Å². The molecule has 2 N–H and O–H groups in total. The molecule has 4 heterocycles. The van der Waals surface area contributed by atoms with E-state index in [9.17, 15) is 4.79 Å². The largest absolute Gasteiger partial charge is 0.369 e. The molecule has 1 fully saturated rings. The minimum absolute atomic E-state index is 0.236. The Hall–Kier alpha value is -4.69. The third kappa shape index (κ3) is 5.21. The number of aryl methyl sites for hydroxylation is 2. The molecule has 3 aromatic heterocycles. The van der Waals surface area contributed by atoms with Crippen molar-refractivity contribution >= 4 is 28.3 Å². The number of aromatic nitrogens is 4. The summed E-state index contributed by atoms with van der Waals surface area (Å²) in [4.78, 5) is 25.5. The topological polar surface area (TPSA) is 82.1 Å². The first-order valence-corrected chi connectivity index (χ1v) is 14.5. The number of fused-ring (bicyclic) bond motifs is 1. The summed E-state index contributed by atoms with van der Waals surface area (Å²) in [6.07, 6.45) is 7.11. The van der Waals surface area contributed by atoms with E-state index in [1.54, 1.807) is 0 Å². The second-order valence-corrected chi connectivity index (χ2v) is 11.1. The first-order valence-electron chi connectivity index (χ1n) is 14.5. The number of amides is 1. The van der Waals surface area contributed by atoms with E-state index in [-0.39, 0.29) is 5.91 Å². The third-order valence-corrected chi connectivity index (χ3v) is 8.39. The Balaban J connectivity index is 1.47. The lowest BCUT2D eigenvalue weighted by atomic mass is 9.96. The molecule has 0 unspecified atom stereocenters. The maximum absolute atomic E-state index is 12.2. The average molecular weight is 560 g/mol. The van der Waals surface area contributed by atoms with Crippen molar-refractivity contribution in [2.24, 2.45) is 0 Å². The van der Waals surface area contributed by atoms with Gasteiger partial charge >= 0.3 is 0 Å². The molecule has 1 atom stereocenters. The highest BCUT2D eigenvalue weighted by molar-refractivity contribution is 6.05. The second-order valence-electron chi connectivity index (χ2n) is 11.1. The number of benzene rings is 2. The summed E-state index contributed by atoms with van der Waals surface area (Å²) in [6, 6.07) is 17.7. The molecule has 0 bridgehead atoms. The van der Waals surface area contributed by atoms with Gasteiger partial charge in [0.1, 0.15) is 5.65 Å². The van der Waals surface area contributed by atoms with E-state index in [1.165, 1.54) is 11.8 Å². The van der Waals surface area contributed by atoms with Gasteiger partial charge in [-0.3, -0.25) is 9.48 Å². The van der Waals surface area contributed by atoms with Gasteiger partial charge in [0.2, 0.25) is 5.91 Å². The number of hydrogen-bond acceptors (Lipinski definition) is 5. The number of carbonyl (C=O) groups excluding carboxylic acids is 1. The molecule has 214 valence electrons. The minimum Gasteiger partial charge on any atom is -0.369 e. The lowest BCUT2D eigenvalue weighted by Gasteiger charge is -2.39. The Morgan fingerprint density at radius 3 is 2.57 bits per heavy atom. The Labute approximate surface area is 246 Å². The van der Waals surface area contributed by atoms with E-state index in [1.807, 2.05) is 42.3 Å². The van der Waals surface area contributed by atoms with Crippen molar-refractivity contribution in [1.29, 1.82) is 0 Å². The molecule has 0 radical (unpaired) electrons. The number of pyridine rings is 1. The molecule has 6 rings (SSSR count). The standard InChI is InChI=1S/C34H37N7O/c1-6-31(42)37-30-17-25(9-8-22(30)3)32-29-16-26(27-19-36-41(7-2)21-27)18-35-34(29)38-33(32)24-10-12-28(13-11-24)40-15-14-39(5)23(4)20-40/h6,8-13,16-19,21,23H,1,7,14-15,20H2,2-5H3,(H,35,38)(H,37,42)/t23-/m1/s1. The summed E-state index contributed by atoms with van der Waals surface area (Å²) in [6.45, 7) is 13.8. The van der Waals surface area contributed by atoms with Gasteiger partial charge in [-0.05, 0) is 74.9 Å². The van der Waals surface area contributed by atoms with Crippen LogP contribution in [-0.2, 0) is 11.3 Å². The molecule has 0 spiro atoms. The number of piperazine rings is 1. The van der Waals surface area contributed by atoms with Crippen molar-refractivity contribution in [3.05, 3.63) is 85.3 Å². The highest BCUT2D eigenvalue weighted by Crippen LogP contribution is 2.41. The molecule has 42 heavy (non-hydrogen) atoms. The van der Waals surface area contributed by atoms with Crippen molar-refractivity contribution in [1.82, 2.24) is 24.6 Å². The Kier molecular flexibility index (Phi) is 7.39. The highest BCUT2D eigenvalue weighted by atomic mass is 16.1. The van der Waals surface area contributed by atoms with Crippen molar-refractivity contribution in [3.63, 3.8) is 0 Å². The Bertz CT molecular complexity index is 1760. The second kappa shape index (κ2) is 11.3. The Morgan fingerprint density at radius 1 is 1.07 bits per heavy atom. The molecule has 1 aliphatic heterocycles. The van der Waals surface area contributed by atoms with Crippen LogP contribution >= 0.6 is 0 Å². The summed E-state index contributed by atoms with van der Waals surface area (Å²) in [5.41, 5.74) is 9.88. The monoisotopic (exact) mass is 559 g/mol. The van der Waals surface area contributed by atoms with E-state index in [4.69, 9.17) is 4.98 Å². The number of rotatable bonds is 7. The van der Waals surface area contributed by atoms with Crippen LogP contribution in [0.3, 0.4) is 0 Å². The molecule has 8 nitrogen and oxygen atoms in total. The Morgan fingerprint density at radius 2 is 1.86 bits per heavy atom. The molecule has 5 aromatic rings. The van der Waals surface area contributed by atoms with Crippen LogP contribution in [-0.4, -0.2) is 63.3 Å². The van der Waals surface area contributed by atoms with Crippen LogP contribution in [0.25, 0.3) is 44.5 Å². The molecule has 0 saturated carbocycles. The van der Waals surface area contributed by atoms with Crippen LogP contribution in [0.4, 0.5) is 11.4 Å². The lowest BCUT2D eigenvalue weighted by Crippen LogP contribution is -2.50. The molecule has 0 aliphatic carbocycles. The number of likely N-dealkylation sites (N-methyl/N-ethyl adjacent to an activating group) is 1. The van der Waals surface area contributed by atoms with Gasteiger partial charge in [0.05, 0.1) is 11.9 Å². The van der Waals surface area contributed by atoms with E-state index in [0.29, 0.717) is 6.04 Å². The van der Waals surface area contributed by atoms with Crippen molar-refractivity contribution in [3.8, 4) is 33.5 Å². The van der Waals surface area contributed by atoms with Crippen molar-refractivity contribution in [2.45, 2.75) is 33.4 Å². The SMILES string of the molecule is C=CC(=O)Nc1cc(-c2c(-c3ccc(N4CCN(C)[C@H](C)C4)cc3)[nH]c3ncc(-c4cnn(CC)c4)cc23)ccc1C. The summed E-state index contributed by atoms with van der Waals surface area (Å²) in [7, 11) is 2.19. The van der Waals surface area contributed by atoms with Gasteiger partial charge < -0.3 is 20.1 Å². The first-order chi connectivity index (χ1) is 20.3. The molecule has 1 aliphatic rings. The van der Waals surface area contributed by atoms with Crippen LogP contribution < -0.4 is 10.2 Å². The number of hydrogen-bond donors (Lipinski definition) is 2. The molecular weight excluding hydrogens is 522 g/mol. The maximum Gasteiger partial charge on any atom is 0.247 e. The molecular formula is C34H37N7O. The predicted octanol–water partition coefficient (Wildman–Crippen LogP) is 6.35. The molecule has 1 saturated heterocycles.